The molecule has 6 nitrogen and oxygen atoms in total. The molecule has 2 aromatic carbocycles. The van der Waals surface area contributed by atoms with Gasteiger partial charge in [-0.15, -0.1) is 0 Å². The zero-order valence-electron chi connectivity index (χ0n) is 20.1. The topological polar surface area (TPSA) is 67.9 Å². The first-order valence-corrected chi connectivity index (χ1v) is 11.2. The van der Waals surface area contributed by atoms with Crippen LogP contribution in [-0.2, 0) is 16.1 Å². The van der Waals surface area contributed by atoms with E-state index < -0.39 is 6.04 Å². The maximum Gasteiger partial charge on any atom is 0.261 e. The molecule has 0 saturated heterocycles. The molecule has 2 atom stereocenters. The fraction of sp³-hybridized carbons (Fsp3) is 0.462. The number of rotatable bonds is 11. The van der Waals surface area contributed by atoms with Gasteiger partial charge >= 0.3 is 0 Å². The lowest BCUT2D eigenvalue weighted by atomic mass is 10.0. The van der Waals surface area contributed by atoms with E-state index in [1.165, 1.54) is 5.56 Å². The van der Waals surface area contributed by atoms with Crippen molar-refractivity contribution in [1.82, 2.24) is 10.2 Å². The molecule has 0 aliphatic heterocycles. The second-order valence-corrected chi connectivity index (χ2v) is 8.38. The Kier molecular flexibility index (Phi) is 9.57. The lowest BCUT2D eigenvalue weighted by Crippen LogP contribution is -2.50. The fourth-order valence-corrected chi connectivity index (χ4v) is 3.19. The van der Waals surface area contributed by atoms with E-state index in [1.807, 2.05) is 62.4 Å². The van der Waals surface area contributed by atoms with E-state index >= 15 is 0 Å². The second kappa shape index (κ2) is 12.1. The van der Waals surface area contributed by atoms with Gasteiger partial charge in [-0.2, -0.15) is 0 Å². The molecule has 0 unspecified atom stereocenters. The highest BCUT2D eigenvalue weighted by Gasteiger charge is 2.27. The standard InChI is InChI=1S/C26H36N2O4/c1-7-19(4)27-26(30)20(5)28(16-21-9-8-10-24(15-21)31-6)25(29)17-32-23-13-11-22(12-14-23)18(2)3/h8-15,18-20H,7,16-17H2,1-6H3,(H,27,30)/t19-,20-/m1/s1. The number of carbonyl (C=O) groups is 2. The normalized spacial score (nSPS) is 12.7. The van der Waals surface area contributed by atoms with Crippen LogP contribution in [0.4, 0.5) is 0 Å². The molecule has 0 heterocycles. The molecule has 0 saturated carbocycles. The number of hydrogen-bond acceptors (Lipinski definition) is 4. The predicted molar refractivity (Wildman–Crippen MR) is 127 cm³/mol. The van der Waals surface area contributed by atoms with E-state index in [9.17, 15) is 9.59 Å². The third-order valence-corrected chi connectivity index (χ3v) is 5.56. The van der Waals surface area contributed by atoms with E-state index in [2.05, 4.69) is 19.2 Å². The molecule has 2 amide bonds. The monoisotopic (exact) mass is 440 g/mol. The summed E-state index contributed by atoms with van der Waals surface area (Å²) in [5.74, 6) is 1.31. The average Bonchev–Trinajstić information content (AvgIpc) is 2.80. The van der Waals surface area contributed by atoms with Gasteiger partial charge in [-0.3, -0.25) is 9.59 Å². The Hall–Kier alpha value is -3.02. The molecule has 0 bridgehead atoms. The third kappa shape index (κ3) is 7.29. The van der Waals surface area contributed by atoms with Gasteiger partial charge < -0.3 is 19.7 Å². The van der Waals surface area contributed by atoms with Crippen molar-refractivity contribution >= 4 is 11.8 Å². The Morgan fingerprint density at radius 1 is 1.00 bits per heavy atom. The highest BCUT2D eigenvalue weighted by atomic mass is 16.5. The quantitative estimate of drug-likeness (QED) is 0.557. The van der Waals surface area contributed by atoms with E-state index in [-0.39, 0.29) is 31.0 Å². The smallest absolute Gasteiger partial charge is 0.261 e. The average molecular weight is 441 g/mol. The van der Waals surface area contributed by atoms with Crippen LogP contribution in [0.25, 0.3) is 0 Å². The van der Waals surface area contributed by atoms with E-state index in [0.29, 0.717) is 17.4 Å². The van der Waals surface area contributed by atoms with E-state index in [4.69, 9.17) is 9.47 Å². The number of amides is 2. The van der Waals surface area contributed by atoms with Crippen LogP contribution in [-0.4, -0.2) is 42.5 Å². The highest BCUT2D eigenvalue weighted by Crippen LogP contribution is 2.20. The molecule has 0 radical (unpaired) electrons. The lowest BCUT2D eigenvalue weighted by Gasteiger charge is -2.29. The minimum Gasteiger partial charge on any atom is -0.497 e. The number of hydrogen-bond donors (Lipinski definition) is 1. The molecular weight excluding hydrogens is 404 g/mol. The summed E-state index contributed by atoms with van der Waals surface area (Å²) >= 11 is 0. The van der Waals surface area contributed by atoms with Crippen LogP contribution in [0.2, 0.25) is 0 Å². The first kappa shape index (κ1) is 25.2. The molecule has 0 spiro atoms. The fourth-order valence-electron chi connectivity index (χ4n) is 3.19. The Bertz CT molecular complexity index is 880. The molecule has 1 N–H and O–H groups in total. The summed E-state index contributed by atoms with van der Waals surface area (Å²) in [5, 5.41) is 2.97. The van der Waals surface area contributed by atoms with Crippen molar-refractivity contribution in [2.75, 3.05) is 13.7 Å². The minimum absolute atomic E-state index is 0.0365. The maximum absolute atomic E-state index is 13.1. The molecule has 2 aromatic rings. The van der Waals surface area contributed by atoms with Crippen molar-refractivity contribution < 1.29 is 19.1 Å². The van der Waals surface area contributed by atoms with Crippen molar-refractivity contribution in [1.29, 1.82) is 0 Å². The van der Waals surface area contributed by atoms with Crippen LogP contribution in [0.5, 0.6) is 11.5 Å². The van der Waals surface area contributed by atoms with Gasteiger partial charge in [0.1, 0.15) is 17.5 Å². The molecule has 174 valence electrons. The van der Waals surface area contributed by atoms with Crippen molar-refractivity contribution in [3.63, 3.8) is 0 Å². The molecule has 0 fully saturated rings. The predicted octanol–water partition coefficient (Wildman–Crippen LogP) is 4.53. The summed E-state index contributed by atoms with van der Waals surface area (Å²) in [6, 6.07) is 14.6. The van der Waals surface area contributed by atoms with E-state index in [0.717, 1.165) is 12.0 Å². The van der Waals surface area contributed by atoms with Crippen LogP contribution < -0.4 is 14.8 Å². The van der Waals surface area contributed by atoms with Crippen molar-refractivity contribution in [2.24, 2.45) is 0 Å². The van der Waals surface area contributed by atoms with Crippen molar-refractivity contribution in [3.05, 3.63) is 59.7 Å². The summed E-state index contributed by atoms with van der Waals surface area (Å²) in [5.41, 5.74) is 2.08. The Morgan fingerprint density at radius 2 is 1.69 bits per heavy atom. The number of ether oxygens (including phenoxy) is 2. The molecule has 6 heteroatoms. The summed E-state index contributed by atoms with van der Waals surface area (Å²) in [6.45, 7) is 10.1. The summed E-state index contributed by atoms with van der Waals surface area (Å²) in [6.07, 6.45) is 0.817. The lowest BCUT2D eigenvalue weighted by molar-refractivity contribution is -0.142. The van der Waals surface area contributed by atoms with Crippen LogP contribution in [0, 0.1) is 0 Å². The number of carbonyl (C=O) groups excluding carboxylic acids is 2. The molecular formula is C26H36N2O4. The van der Waals surface area contributed by atoms with Gasteiger partial charge in [-0.05, 0) is 61.6 Å². The number of benzene rings is 2. The zero-order valence-corrected chi connectivity index (χ0v) is 20.1. The van der Waals surface area contributed by atoms with Crippen molar-refractivity contribution in [3.8, 4) is 11.5 Å². The second-order valence-electron chi connectivity index (χ2n) is 8.38. The van der Waals surface area contributed by atoms with E-state index in [1.54, 1.807) is 18.9 Å². The van der Waals surface area contributed by atoms with Gasteiger partial charge in [-0.25, -0.2) is 0 Å². The van der Waals surface area contributed by atoms with Crippen LogP contribution >= 0.6 is 0 Å². The van der Waals surface area contributed by atoms with Gasteiger partial charge in [0.05, 0.1) is 7.11 Å². The molecule has 0 aliphatic rings. The number of nitrogens with zero attached hydrogens (tertiary/aromatic N) is 1. The maximum atomic E-state index is 13.1. The summed E-state index contributed by atoms with van der Waals surface area (Å²) in [7, 11) is 1.60. The third-order valence-electron chi connectivity index (χ3n) is 5.56. The largest absolute Gasteiger partial charge is 0.497 e. The Morgan fingerprint density at radius 3 is 2.28 bits per heavy atom. The molecule has 2 rings (SSSR count). The van der Waals surface area contributed by atoms with Crippen LogP contribution in [0.3, 0.4) is 0 Å². The molecule has 32 heavy (non-hydrogen) atoms. The summed E-state index contributed by atoms with van der Waals surface area (Å²) < 4.78 is 11.0. The van der Waals surface area contributed by atoms with Gasteiger partial charge in [0.25, 0.3) is 5.91 Å². The van der Waals surface area contributed by atoms with Gasteiger partial charge in [0, 0.05) is 12.6 Å². The van der Waals surface area contributed by atoms with Gasteiger partial charge in [0.2, 0.25) is 5.91 Å². The first-order chi connectivity index (χ1) is 15.2. The SMILES string of the molecule is CC[C@@H](C)NC(=O)[C@@H](C)N(Cc1cccc(OC)c1)C(=O)COc1ccc(C(C)C)cc1. The first-order valence-electron chi connectivity index (χ1n) is 11.2. The van der Waals surface area contributed by atoms with Crippen LogP contribution in [0.15, 0.2) is 48.5 Å². The Labute approximate surface area is 191 Å². The zero-order chi connectivity index (χ0) is 23.7. The molecule has 0 aromatic heterocycles. The van der Waals surface area contributed by atoms with Gasteiger partial charge in [0.15, 0.2) is 6.61 Å². The number of methoxy groups -OCH3 is 1. The van der Waals surface area contributed by atoms with Crippen LogP contribution in [0.1, 0.15) is 58.1 Å². The molecule has 0 aliphatic carbocycles. The summed E-state index contributed by atoms with van der Waals surface area (Å²) in [4.78, 5) is 27.5. The minimum atomic E-state index is -0.644. The number of nitrogens with one attached hydrogen (secondary N) is 1. The highest BCUT2D eigenvalue weighted by molar-refractivity contribution is 5.88. The van der Waals surface area contributed by atoms with Gasteiger partial charge in [-0.1, -0.05) is 45.0 Å². The van der Waals surface area contributed by atoms with Crippen molar-refractivity contribution in [2.45, 2.75) is 65.6 Å². The Balaban J connectivity index is 2.15.